The number of hydrogen-bond donors (Lipinski definition) is 1. The number of hydrogen-bond acceptors (Lipinski definition) is 4. The number of ether oxygens (including phenoxy) is 1. The number of rotatable bonds is 2. The summed E-state index contributed by atoms with van der Waals surface area (Å²) in [5, 5.41) is 0.574. The van der Waals surface area contributed by atoms with Crippen LogP contribution >= 0.6 is 0 Å². The number of benzene rings is 2. The van der Waals surface area contributed by atoms with Crippen LogP contribution in [0.3, 0.4) is 0 Å². The van der Waals surface area contributed by atoms with Crippen LogP contribution in [0, 0.1) is 5.82 Å². The van der Waals surface area contributed by atoms with Crippen molar-refractivity contribution in [1.82, 2.24) is 9.97 Å². The van der Waals surface area contributed by atoms with E-state index in [0.717, 1.165) is 5.56 Å². The van der Waals surface area contributed by atoms with Gasteiger partial charge in [0, 0.05) is 6.54 Å². The van der Waals surface area contributed by atoms with Gasteiger partial charge in [0.25, 0.3) is 5.56 Å². The van der Waals surface area contributed by atoms with Crippen molar-refractivity contribution in [3.05, 3.63) is 70.3 Å². The van der Waals surface area contributed by atoms with E-state index >= 15 is 0 Å². The molecule has 1 aliphatic rings. The lowest BCUT2D eigenvalue weighted by Crippen LogP contribution is -2.40. The molecule has 1 atom stereocenters. The van der Waals surface area contributed by atoms with Crippen molar-refractivity contribution in [2.24, 2.45) is 0 Å². The van der Waals surface area contributed by atoms with Crippen molar-refractivity contribution < 1.29 is 9.13 Å². The first-order chi connectivity index (χ1) is 11.7. The summed E-state index contributed by atoms with van der Waals surface area (Å²) in [6.45, 7) is 1.70. The van der Waals surface area contributed by atoms with Crippen LogP contribution in [0.15, 0.2) is 53.3 Å². The van der Waals surface area contributed by atoms with Crippen LogP contribution in [0.4, 0.5) is 10.3 Å². The highest BCUT2D eigenvalue weighted by Crippen LogP contribution is 2.24. The molecular weight excluding hydrogens is 309 g/mol. The average Bonchev–Trinajstić information content (AvgIpc) is 2.62. The third kappa shape index (κ3) is 2.76. The molecule has 1 aromatic heterocycles. The Morgan fingerprint density at radius 3 is 2.79 bits per heavy atom. The molecule has 1 saturated heterocycles. The maximum atomic E-state index is 13.1. The molecule has 0 spiro atoms. The first-order valence-electron chi connectivity index (χ1n) is 7.82. The smallest absolute Gasteiger partial charge is 0.260 e. The topological polar surface area (TPSA) is 58.2 Å². The lowest BCUT2D eigenvalue weighted by atomic mass is 10.1. The maximum absolute atomic E-state index is 13.1. The summed E-state index contributed by atoms with van der Waals surface area (Å²) in [4.78, 5) is 21.6. The number of nitrogens with one attached hydrogen (secondary N) is 1. The summed E-state index contributed by atoms with van der Waals surface area (Å²) in [6, 6.07) is 13.6. The number of nitrogens with zero attached hydrogens (tertiary/aromatic N) is 2. The van der Waals surface area contributed by atoms with Crippen LogP contribution in [0.5, 0.6) is 0 Å². The van der Waals surface area contributed by atoms with Crippen LogP contribution in [-0.2, 0) is 4.74 Å². The van der Waals surface area contributed by atoms with E-state index in [-0.39, 0.29) is 17.5 Å². The number of fused-ring (bicyclic) bond motifs is 1. The summed E-state index contributed by atoms with van der Waals surface area (Å²) in [5.74, 6) is 0.265. The van der Waals surface area contributed by atoms with Gasteiger partial charge >= 0.3 is 0 Å². The maximum Gasteiger partial charge on any atom is 0.260 e. The highest BCUT2D eigenvalue weighted by atomic mass is 19.1. The Morgan fingerprint density at radius 1 is 1.17 bits per heavy atom. The van der Waals surface area contributed by atoms with Gasteiger partial charge < -0.3 is 9.64 Å². The Morgan fingerprint density at radius 2 is 1.96 bits per heavy atom. The van der Waals surface area contributed by atoms with Crippen LogP contribution in [0.1, 0.15) is 11.7 Å². The van der Waals surface area contributed by atoms with Gasteiger partial charge in [0.15, 0.2) is 0 Å². The van der Waals surface area contributed by atoms with Gasteiger partial charge in [0.2, 0.25) is 5.95 Å². The van der Waals surface area contributed by atoms with Gasteiger partial charge in [-0.15, -0.1) is 0 Å². The predicted molar refractivity (Wildman–Crippen MR) is 89.7 cm³/mol. The van der Waals surface area contributed by atoms with E-state index in [2.05, 4.69) is 9.97 Å². The SMILES string of the molecule is O=c1[nH]c(N2CCOC(c3ccc(F)cc3)C2)nc2ccccc12. The molecule has 0 aliphatic carbocycles. The van der Waals surface area contributed by atoms with Crippen LogP contribution in [0.25, 0.3) is 10.9 Å². The molecule has 1 fully saturated rings. The van der Waals surface area contributed by atoms with Crippen molar-refractivity contribution in [2.45, 2.75) is 6.10 Å². The number of aromatic nitrogens is 2. The number of anilines is 1. The number of morpholine rings is 1. The van der Waals surface area contributed by atoms with Crippen LogP contribution in [0.2, 0.25) is 0 Å². The highest BCUT2D eigenvalue weighted by molar-refractivity contribution is 5.78. The second kappa shape index (κ2) is 6.05. The molecule has 0 radical (unpaired) electrons. The van der Waals surface area contributed by atoms with E-state index in [1.807, 2.05) is 23.1 Å². The fourth-order valence-electron chi connectivity index (χ4n) is 2.94. The second-order valence-electron chi connectivity index (χ2n) is 5.76. The minimum absolute atomic E-state index is 0.152. The Bertz CT molecular complexity index is 923. The van der Waals surface area contributed by atoms with E-state index in [1.165, 1.54) is 12.1 Å². The Kier molecular flexibility index (Phi) is 3.74. The lowest BCUT2D eigenvalue weighted by Gasteiger charge is -2.33. The first kappa shape index (κ1) is 14.8. The van der Waals surface area contributed by atoms with Crippen molar-refractivity contribution in [3.63, 3.8) is 0 Å². The lowest BCUT2D eigenvalue weighted by molar-refractivity contribution is 0.0392. The zero-order valence-electron chi connectivity index (χ0n) is 12.9. The molecule has 4 rings (SSSR count). The van der Waals surface area contributed by atoms with E-state index < -0.39 is 0 Å². The molecule has 5 nitrogen and oxygen atoms in total. The van der Waals surface area contributed by atoms with Crippen molar-refractivity contribution >= 4 is 16.9 Å². The summed E-state index contributed by atoms with van der Waals surface area (Å²) in [6.07, 6.45) is -0.184. The van der Waals surface area contributed by atoms with Gasteiger partial charge in [-0.25, -0.2) is 9.37 Å². The Labute approximate surface area is 137 Å². The van der Waals surface area contributed by atoms with Gasteiger partial charge in [-0.05, 0) is 29.8 Å². The quantitative estimate of drug-likeness (QED) is 0.787. The van der Waals surface area contributed by atoms with Gasteiger partial charge in [-0.1, -0.05) is 24.3 Å². The second-order valence-corrected chi connectivity index (χ2v) is 5.76. The molecule has 24 heavy (non-hydrogen) atoms. The third-order valence-electron chi connectivity index (χ3n) is 4.21. The molecule has 1 aliphatic heterocycles. The molecule has 2 heterocycles. The fourth-order valence-corrected chi connectivity index (χ4v) is 2.94. The number of halogens is 1. The molecule has 122 valence electrons. The first-order valence-corrected chi connectivity index (χ1v) is 7.82. The molecule has 3 aromatic rings. The fraction of sp³-hybridized carbons (Fsp3) is 0.222. The summed E-state index contributed by atoms with van der Waals surface area (Å²) < 4.78 is 18.9. The molecule has 6 heteroatoms. The van der Waals surface area contributed by atoms with E-state index in [9.17, 15) is 9.18 Å². The minimum atomic E-state index is -0.271. The number of para-hydroxylation sites is 1. The zero-order valence-corrected chi connectivity index (χ0v) is 12.9. The molecule has 0 saturated carbocycles. The average molecular weight is 325 g/mol. The Hall–Kier alpha value is -2.73. The van der Waals surface area contributed by atoms with Gasteiger partial charge in [0.05, 0.1) is 24.1 Å². The van der Waals surface area contributed by atoms with Gasteiger partial charge in [-0.3, -0.25) is 9.78 Å². The normalized spacial score (nSPS) is 18.0. The molecule has 1 unspecified atom stereocenters. The number of aromatic amines is 1. The monoisotopic (exact) mass is 325 g/mol. The van der Waals surface area contributed by atoms with Gasteiger partial charge in [-0.2, -0.15) is 0 Å². The molecular formula is C18H16FN3O2. The Balaban J connectivity index is 1.64. The predicted octanol–water partition coefficient (Wildman–Crippen LogP) is 2.64. The van der Waals surface area contributed by atoms with Crippen molar-refractivity contribution in [3.8, 4) is 0 Å². The standard InChI is InChI=1S/C18H16FN3O2/c19-13-7-5-12(6-8-13)16-11-22(9-10-24-16)18-20-15-4-2-1-3-14(15)17(23)21-18/h1-8,16H,9-11H2,(H,20,21,23). The number of H-pyrrole nitrogens is 1. The zero-order chi connectivity index (χ0) is 16.5. The van der Waals surface area contributed by atoms with Crippen molar-refractivity contribution in [1.29, 1.82) is 0 Å². The summed E-state index contributed by atoms with van der Waals surface area (Å²) in [7, 11) is 0. The molecule has 2 aromatic carbocycles. The molecule has 0 amide bonds. The van der Waals surface area contributed by atoms with E-state index in [4.69, 9.17) is 4.74 Å². The van der Waals surface area contributed by atoms with Crippen molar-refractivity contribution in [2.75, 3.05) is 24.6 Å². The summed E-state index contributed by atoms with van der Waals surface area (Å²) in [5.41, 5.74) is 1.42. The van der Waals surface area contributed by atoms with Crippen LogP contribution in [-0.4, -0.2) is 29.7 Å². The molecule has 0 bridgehead atoms. The van der Waals surface area contributed by atoms with Crippen LogP contribution < -0.4 is 10.5 Å². The summed E-state index contributed by atoms with van der Waals surface area (Å²) >= 11 is 0. The third-order valence-corrected chi connectivity index (χ3v) is 4.21. The molecule has 1 N–H and O–H groups in total. The minimum Gasteiger partial charge on any atom is -0.370 e. The highest BCUT2D eigenvalue weighted by Gasteiger charge is 2.24. The van der Waals surface area contributed by atoms with E-state index in [1.54, 1.807) is 18.2 Å². The largest absolute Gasteiger partial charge is 0.370 e. The van der Waals surface area contributed by atoms with Gasteiger partial charge in [0.1, 0.15) is 11.9 Å². The van der Waals surface area contributed by atoms with E-state index in [0.29, 0.717) is 36.5 Å².